The van der Waals surface area contributed by atoms with E-state index in [0.29, 0.717) is 11.4 Å². The summed E-state index contributed by atoms with van der Waals surface area (Å²) in [6, 6.07) is 7.22. The van der Waals surface area contributed by atoms with Gasteiger partial charge in [-0.1, -0.05) is 0 Å². The Morgan fingerprint density at radius 2 is 1.66 bits per heavy atom. The lowest BCUT2D eigenvalue weighted by Gasteiger charge is -2.40. The Morgan fingerprint density at radius 3 is 2.28 bits per heavy atom. The Labute approximate surface area is 189 Å². The van der Waals surface area contributed by atoms with Crippen LogP contribution in [0.1, 0.15) is 26.5 Å². The largest absolute Gasteiger partial charge is 0.473 e. The van der Waals surface area contributed by atoms with Gasteiger partial charge in [-0.05, 0) is 31.2 Å². The standard InChI is InChI=1S/C22H24N2O7S/c1-12-7-8-17(19(24-12)16-6-5-9-23-10-16)31-22-21(30-15(4)27)20(29-14(3)26)18(11-32-22)28-13(2)25/h5-10,18,20-22H,11H2,1-4H3/t18-,20+,21-,22-/m1/s1. The number of esters is 3. The molecule has 10 heteroatoms. The van der Waals surface area contributed by atoms with Gasteiger partial charge in [-0.25, -0.2) is 4.98 Å². The number of pyridine rings is 2. The third-order valence-electron chi connectivity index (χ3n) is 4.48. The number of thioether (sulfide) groups is 1. The Morgan fingerprint density at radius 1 is 0.969 bits per heavy atom. The number of ether oxygens (including phenoxy) is 4. The van der Waals surface area contributed by atoms with Crippen molar-refractivity contribution in [3.05, 3.63) is 42.4 Å². The predicted molar refractivity (Wildman–Crippen MR) is 116 cm³/mol. The molecule has 1 saturated heterocycles. The number of aryl methyl sites for hydroxylation is 1. The summed E-state index contributed by atoms with van der Waals surface area (Å²) in [4.78, 5) is 43.9. The van der Waals surface area contributed by atoms with Crippen molar-refractivity contribution in [2.75, 3.05) is 5.75 Å². The highest BCUT2D eigenvalue weighted by atomic mass is 32.2. The molecule has 4 atom stereocenters. The second-order valence-corrected chi connectivity index (χ2v) is 8.29. The third-order valence-corrected chi connectivity index (χ3v) is 5.69. The predicted octanol–water partition coefficient (Wildman–Crippen LogP) is 2.70. The molecule has 0 N–H and O–H groups in total. The van der Waals surface area contributed by atoms with Crippen LogP contribution in [0.2, 0.25) is 0 Å². The summed E-state index contributed by atoms with van der Waals surface area (Å²) in [6.07, 6.45) is 0.505. The van der Waals surface area contributed by atoms with Crippen LogP contribution in [0.15, 0.2) is 36.7 Å². The molecule has 32 heavy (non-hydrogen) atoms. The summed E-state index contributed by atoms with van der Waals surface area (Å²) < 4.78 is 22.4. The number of aromatic nitrogens is 2. The average molecular weight is 461 g/mol. The Kier molecular flexibility index (Phi) is 7.68. The van der Waals surface area contributed by atoms with E-state index in [1.54, 1.807) is 30.6 Å². The molecule has 0 bridgehead atoms. The molecule has 0 radical (unpaired) electrons. The molecule has 2 aromatic rings. The molecule has 1 aliphatic heterocycles. The van der Waals surface area contributed by atoms with Crippen molar-refractivity contribution < 1.29 is 33.3 Å². The van der Waals surface area contributed by atoms with Gasteiger partial charge in [-0.15, -0.1) is 11.8 Å². The summed E-state index contributed by atoms with van der Waals surface area (Å²) >= 11 is 1.29. The second kappa shape index (κ2) is 10.4. The van der Waals surface area contributed by atoms with Crippen LogP contribution in [0.5, 0.6) is 5.75 Å². The third kappa shape index (κ3) is 5.97. The lowest BCUT2D eigenvalue weighted by molar-refractivity contribution is -0.186. The molecule has 0 saturated carbocycles. The van der Waals surface area contributed by atoms with Crippen LogP contribution in [-0.4, -0.2) is 57.4 Å². The van der Waals surface area contributed by atoms with Crippen LogP contribution in [0, 0.1) is 6.92 Å². The van der Waals surface area contributed by atoms with E-state index < -0.39 is 41.7 Å². The Hall–Kier alpha value is -3.14. The first-order chi connectivity index (χ1) is 15.2. The van der Waals surface area contributed by atoms with Crippen molar-refractivity contribution in [1.29, 1.82) is 0 Å². The maximum absolute atomic E-state index is 11.8. The Bertz CT molecular complexity index is 985. The number of hydrogen-bond acceptors (Lipinski definition) is 10. The van der Waals surface area contributed by atoms with Gasteiger partial charge in [0.25, 0.3) is 0 Å². The van der Waals surface area contributed by atoms with Gasteiger partial charge in [0.2, 0.25) is 0 Å². The zero-order chi connectivity index (χ0) is 23.3. The van der Waals surface area contributed by atoms with Crippen molar-refractivity contribution in [3.8, 4) is 17.0 Å². The van der Waals surface area contributed by atoms with Gasteiger partial charge in [0.15, 0.2) is 23.7 Å². The van der Waals surface area contributed by atoms with Gasteiger partial charge in [0.1, 0.15) is 11.4 Å². The van der Waals surface area contributed by atoms with E-state index in [4.69, 9.17) is 18.9 Å². The lowest BCUT2D eigenvalue weighted by atomic mass is 10.1. The zero-order valence-corrected chi connectivity index (χ0v) is 19.0. The van der Waals surface area contributed by atoms with Crippen molar-refractivity contribution >= 4 is 29.7 Å². The minimum atomic E-state index is -1.02. The Balaban J connectivity index is 1.95. The molecular formula is C22H24N2O7S. The number of hydrogen-bond donors (Lipinski definition) is 0. The monoisotopic (exact) mass is 460 g/mol. The van der Waals surface area contributed by atoms with E-state index in [1.807, 2.05) is 13.0 Å². The molecule has 1 fully saturated rings. The van der Waals surface area contributed by atoms with E-state index in [-0.39, 0.29) is 5.75 Å². The first-order valence-corrected chi connectivity index (χ1v) is 11.0. The first-order valence-electron chi connectivity index (χ1n) is 9.92. The van der Waals surface area contributed by atoms with Crippen LogP contribution >= 0.6 is 11.8 Å². The molecular weight excluding hydrogens is 436 g/mol. The molecule has 0 aliphatic carbocycles. The number of carbonyl (C=O) groups excluding carboxylic acids is 3. The molecule has 1 aliphatic rings. The number of nitrogens with zero attached hydrogens (tertiary/aromatic N) is 2. The van der Waals surface area contributed by atoms with E-state index in [9.17, 15) is 14.4 Å². The maximum atomic E-state index is 11.8. The minimum Gasteiger partial charge on any atom is -0.473 e. The molecule has 2 aromatic heterocycles. The van der Waals surface area contributed by atoms with Gasteiger partial charge in [0.05, 0.1) is 0 Å². The first kappa shape index (κ1) is 23.5. The summed E-state index contributed by atoms with van der Waals surface area (Å²) in [5.41, 5.74) is 1.38. The van der Waals surface area contributed by atoms with Crippen LogP contribution in [-0.2, 0) is 28.6 Å². The normalized spacial score (nSPS) is 22.5. The van der Waals surface area contributed by atoms with E-state index >= 15 is 0 Å². The van der Waals surface area contributed by atoms with Crippen LogP contribution in [0.25, 0.3) is 11.3 Å². The topological polar surface area (TPSA) is 114 Å². The molecule has 0 aromatic carbocycles. The summed E-state index contributed by atoms with van der Waals surface area (Å²) in [5, 5.41) is 0. The maximum Gasteiger partial charge on any atom is 0.303 e. The quantitative estimate of drug-likeness (QED) is 0.471. The van der Waals surface area contributed by atoms with Gasteiger partial charge in [-0.3, -0.25) is 19.4 Å². The summed E-state index contributed by atoms with van der Waals surface area (Å²) in [6.45, 7) is 5.60. The fourth-order valence-corrected chi connectivity index (χ4v) is 4.49. The molecule has 0 unspecified atom stereocenters. The van der Waals surface area contributed by atoms with Gasteiger partial charge in [-0.2, -0.15) is 0 Å². The van der Waals surface area contributed by atoms with Crippen LogP contribution in [0.3, 0.4) is 0 Å². The number of rotatable bonds is 6. The summed E-state index contributed by atoms with van der Waals surface area (Å²) in [5.74, 6) is -0.981. The van der Waals surface area contributed by atoms with Gasteiger partial charge < -0.3 is 18.9 Å². The fraction of sp³-hybridized carbons (Fsp3) is 0.409. The van der Waals surface area contributed by atoms with E-state index in [1.165, 1.54) is 32.5 Å². The van der Waals surface area contributed by atoms with E-state index in [0.717, 1.165) is 11.3 Å². The molecule has 3 rings (SSSR count). The highest BCUT2D eigenvalue weighted by Gasteiger charge is 2.47. The van der Waals surface area contributed by atoms with E-state index in [2.05, 4.69) is 9.97 Å². The molecule has 170 valence electrons. The minimum absolute atomic E-state index is 0.279. The number of carbonyl (C=O) groups is 3. The molecule has 9 nitrogen and oxygen atoms in total. The molecule has 3 heterocycles. The fourth-order valence-electron chi connectivity index (χ4n) is 3.28. The highest BCUT2D eigenvalue weighted by molar-refractivity contribution is 7.99. The van der Waals surface area contributed by atoms with Crippen molar-refractivity contribution in [1.82, 2.24) is 9.97 Å². The van der Waals surface area contributed by atoms with Crippen LogP contribution in [0.4, 0.5) is 0 Å². The lowest BCUT2D eigenvalue weighted by Crippen LogP contribution is -2.55. The van der Waals surface area contributed by atoms with Crippen molar-refractivity contribution in [3.63, 3.8) is 0 Å². The highest BCUT2D eigenvalue weighted by Crippen LogP contribution is 2.37. The van der Waals surface area contributed by atoms with Crippen LogP contribution < -0.4 is 4.74 Å². The molecule has 0 spiro atoms. The smallest absolute Gasteiger partial charge is 0.303 e. The SMILES string of the molecule is CC(=O)O[C@@H]1[C@@H](OC(C)=O)[C@H](OC(C)=O)CS[C@H]1Oc1ccc(C)nc1-c1cccnc1. The second-order valence-electron chi connectivity index (χ2n) is 7.16. The zero-order valence-electron chi connectivity index (χ0n) is 18.1. The van der Waals surface area contributed by atoms with Crippen molar-refractivity contribution in [2.24, 2.45) is 0 Å². The van der Waals surface area contributed by atoms with Gasteiger partial charge >= 0.3 is 17.9 Å². The average Bonchev–Trinajstić information content (AvgIpc) is 2.73. The molecule has 0 amide bonds. The van der Waals surface area contributed by atoms with Crippen molar-refractivity contribution in [2.45, 2.75) is 51.4 Å². The van der Waals surface area contributed by atoms with Gasteiger partial charge in [0, 0.05) is 50.2 Å². The summed E-state index contributed by atoms with van der Waals surface area (Å²) in [7, 11) is 0.